The number of ether oxygens (including phenoxy) is 2. The molecule has 12 heteroatoms. The summed E-state index contributed by atoms with van der Waals surface area (Å²) in [6, 6.07) is 32.4. The average molecular weight is 712 g/mol. The third-order valence-electron chi connectivity index (χ3n) is 9.74. The van der Waals surface area contributed by atoms with Crippen molar-refractivity contribution >= 4 is 8.53 Å². The van der Waals surface area contributed by atoms with Gasteiger partial charge in [0, 0.05) is 43.4 Å². The number of nitriles is 1. The molecule has 3 aromatic carbocycles. The molecule has 4 aromatic rings. The van der Waals surface area contributed by atoms with Crippen LogP contribution in [0.2, 0.25) is 0 Å². The van der Waals surface area contributed by atoms with E-state index in [4.69, 9.17) is 18.5 Å². The molecule has 11 nitrogen and oxygen atoms in total. The largest absolute Gasteiger partial charge is 0.497 e. The van der Waals surface area contributed by atoms with Crippen molar-refractivity contribution in [2.75, 3.05) is 26.9 Å². The molecule has 4 atom stereocenters. The van der Waals surface area contributed by atoms with Crippen LogP contribution in [0.1, 0.15) is 57.2 Å². The number of aromatic amines is 1. The lowest BCUT2D eigenvalue weighted by atomic mass is 9.74. The average Bonchev–Trinajstić information content (AvgIpc) is 3.69. The molecule has 0 saturated carbocycles. The fraction of sp³-hybridized carbons (Fsp3) is 0.410. The molecule has 3 heterocycles. The predicted octanol–water partition coefficient (Wildman–Crippen LogP) is 5.96. The number of nitrogens with zero attached hydrogens (tertiary/aromatic N) is 4. The van der Waals surface area contributed by atoms with Gasteiger partial charge in [0.1, 0.15) is 5.75 Å². The molecule has 51 heavy (non-hydrogen) atoms. The Kier molecular flexibility index (Phi) is 11.2. The number of aromatic nitrogens is 2. The lowest BCUT2D eigenvalue weighted by Gasteiger charge is -2.50. The highest BCUT2D eigenvalue weighted by Gasteiger charge is 2.63. The van der Waals surface area contributed by atoms with Gasteiger partial charge in [0.05, 0.1) is 44.5 Å². The van der Waals surface area contributed by atoms with E-state index in [0.717, 1.165) is 22.4 Å². The van der Waals surface area contributed by atoms with Gasteiger partial charge in [-0.25, -0.2) is 9.46 Å². The van der Waals surface area contributed by atoms with Crippen LogP contribution in [0.5, 0.6) is 5.75 Å². The molecule has 2 bridgehead atoms. The lowest BCUT2D eigenvalue weighted by molar-refractivity contribution is -0.163. The van der Waals surface area contributed by atoms with Gasteiger partial charge in [0.15, 0.2) is 5.72 Å². The molecular weight excluding hydrogens is 665 g/mol. The fourth-order valence-electron chi connectivity index (χ4n) is 7.78. The van der Waals surface area contributed by atoms with E-state index in [9.17, 15) is 14.9 Å². The van der Waals surface area contributed by atoms with E-state index >= 15 is 0 Å². The Morgan fingerprint density at radius 2 is 1.55 bits per heavy atom. The van der Waals surface area contributed by atoms with Gasteiger partial charge in [-0.05, 0) is 56.5 Å². The summed E-state index contributed by atoms with van der Waals surface area (Å²) in [5, 5.41) is 9.24. The molecule has 2 fully saturated rings. The fourth-order valence-corrected chi connectivity index (χ4v) is 9.40. The summed E-state index contributed by atoms with van der Waals surface area (Å²) in [4.78, 5) is 30.6. The van der Waals surface area contributed by atoms with E-state index in [0.29, 0.717) is 13.0 Å². The number of hydrogen-bond donors (Lipinski definition) is 1. The topological polar surface area (TPSA) is 122 Å². The first-order valence-electron chi connectivity index (χ1n) is 17.4. The molecule has 0 spiro atoms. The zero-order chi connectivity index (χ0) is 36.2. The molecule has 0 aliphatic carbocycles. The minimum atomic E-state index is -1.55. The van der Waals surface area contributed by atoms with Gasteiger partial charge >= 0.3 is 5.69 Å². The van der Waals surface area contributed by atoms with Gasteiger partial charge in [-0.15, -0.1) is 0 Å². The lowest BCUT2D eigenvalue weighted by Crippen LogP contribution is -2.60. The highest BCUT2D eigenvalue weighted by atomic mass is 31.2. The second kappa shape index (κ2) is 15.6. The van der Waals surface area contributed by atoms with E-state index in [1.165, 1.54) is 16.8 Å². The molecular formula is C39H46N5O6P. The summed E-state index contributed by atoms with van der Waals surface area (Å²) in [6.45, 7) is 9.17. The minimum Gasteiger partial charge on any atom is -0.497 e. The van der Waals surface area contributed by atoms with E-state index in [1.807, 2.05) is 48.5 Å². The molecule has 2 aliphatic rings. The number of morpholine rings is 1. The standard InChI is InChI=1S/C39H46N5O6P/c1-28(2)44(29(3)4)51(48-24-12-22-40)49-26-35-34-25-38(50-35,42-23-21-36(45)41-37(42)46)27-43(34)39(30-13-8-6-9-14-30,31-15-10-7-11-16-31)32-17-19-33(47-5)20-18-32/h6-11,13-21,23,28-29,34-35H,12,24-27H2,1-5H3,(H,41,45,46)/t34-,35-,38+,51?/m1/s1. The quantitative estimate of drug-likeness (QED) is 0.0905. The van der Waals surface area contributed by atoms with Crippen LogP contribution in [-0.2, 0) is 25.0 Å². The van der Waals surface area contributed by atoms with Crippen molar-refractivity contribution in [2.24, 2.45) is 0 Å². The van der Waals surface area contributed by atoms with Crippen molar-refractivity contribution in [3.8, 4) is 11.8 Å². The van der Waals surface area contributed by atoms with Gasteiger partial charge in [-0.1, -0.05) is 72.8 Å². The van der Waals surface area contributed by atoms with Crippen LogP contribution in [-0.4, -0.2) is 70.2 Å². The maximum absolute atomic E-state index is 13.5. The number of nitrogens with one attached hydrogen (secondary N) is 1. The van der Waals surface area contributed by atoms with Gasteiger partial charge in [-0.2, -0.15) is 5.26 Å². The normalized spacial score (nSPS) is 21.0. The van der Waals surface area contributed by atoms with Crippen LogP contribution < -0.4 is 16.0 Å². The number of rotatable bonds is 15. The molecule has 1 N–H and O–H groups in total. The Labute approximate surface area is 300 Å². The first kappa shape index (κ1) is 36.6. The first-order valence-corrected chi connectivity index (χ1v) is 18.5. The Balaban J connectivity index is 1.51. The maximum atomic E-state index is 13.5. The molecule has 0 radical (unpaired) electrons. The zero-order valence-electron chi connectivity index (χ0n) is 29.8. The molecule has 6 rings (SSSR count). The molecule has 2 saturated heterocycles. The smallest absolute Gasteiger partial charge is 0.330 e. The van der Waals surface area contributed by atoms with Gasteiger partial charge < -0.3 is 18.5 Å². The molecule has 1 unspecified atom stereocenters. The summed E-state index contributed by atoms with van der Waals surface area (Å²) in [6.07, 6.45) is 1.76. The van der Waals surface area contributed by atoms with Crippen molar-refractivity contribution in [1.82, 2.24) is 19.1 Å². The molecule has 2 aliphatic heterocycles. The van der Waals surface area contributed by atoms with Crippen LogP contribution >= 0.6 is 8.53 Å². The Hall–Kier alpha value is -4.14. The van der Waals surface area contributed by atoms with Crippen LogP contribution in [0.15, 0.2) is 107 Å². The summed E-state index contributed by atoms with van der Waals surface area (Å²) in [7, 11) is 0.108. The van der Waals surface area contributed by atoms with Crippen LogP contribution in [0.25, 0.3) is 0 Å². The SMILES string of the molecule is COc1ccc(C(c2ccccc2)(c2ccccc2)N2C[C@]3(n4ccc(=O)[nH]c4=O)C[C@@H]2[C@@H](COP(OCCC#N)N(C(C)C)C(C)C)O3)cc1. The number of likely N-dealkylation sites (tertiary alicyclic amines) is 1. The second-order valence-corrected chi connectivity index (χ2v) is 14.9. The van der Waals surface area contributed by atoms with E-state index in [1.54, 1.807) is 7.11 Å². The van der Waals surface area contributed by atoms with E-state index < -0.39 is 37.1 Å². The highest BCUT2D eigenvalue weighted by molar-refractivity contribution is 7.44. The minimum absolute atomic E-state index is 0.126. The predicted molar refractivity (Wildman–Crippen MR) is 196 cm³/mol. The molecule has 268 valence electrons. The van der Waals surface area contributed by atoms with Crippen molar-refractivity contribution in [1.29, 1.82) is 5.26 Å². The van der Waals surface area contributed by atoms with E-state index in [2.05, 4.69) is 84.7 Å². The number of methoxy groups -OCH3 is 1. The summed E-state index contributed by atoms with van der Waals surface area (Å²) in [5.74, 6) is 0.743. The Morgan fingerprint density at radius 3 is 2.10 bits per heavy atom. The zero-order valence-corrected chi connectivity index (χ0v) is 30.7. The first-order chi connectivity index (χ1) is 24.6. The van der Waals surface area contributed by atoms with Crippen LogP contribution in [0, 0.1) is 11.3 Å². The van der Waals surface area contributed by atoms with Crippen molar-refractivity contribution in [2.45, 2.75) is 76.0 Å². The van der Waals surface area contributed by atoms with Crippen molar-refractivity contribution in [3.63, 3.8) is 0 Å². The Morgan fingerprint density at radius 1 is 0.941 bits per heavy atom. The van der Waals surface area contributed by atoms with Crippen LogP contribution in [0.4, 0.5) is 0 Å². The monoisotopic (exact) mass is 711 g/mol. The van der Waals surface area contributed by atoms with Crippen LogP contribution in [0.3, 0.4) is 0 Å². The second-order valence-electron chi connectivity index (χ2n) is 13.5. The summed E-state index contributed by atoms with van der Waals surface area (Å²) < 4.78 is 29.2. The Bertz CT molecular complexity index is 1870. The van der Waals surface area contributed by atoms with E-state index in [-0.39, 0.29) is 37.8 Å². The number of H-pyrrole nitrogens is 1. The number of fused-ring (bicyclic) bond motifs is 2. The summed E-state index contributed by atoms with van der Waals surface area (Å²) >= 11 is 0. The third-order valence-corrected chi connectivity index (χ3v) is 11.8. The van der Waals surface area contributed by atoms with Gasteiger partial charge in [0.2, 0.25) is 0 Å². The maximum Gasteiger partial charge on any atom is 0.330 e. The molecule has 1 aromatic heterocycles. The van der Waals surface area contributed by atoms with Gasteiger partial charge in [-0.3, -0.25) is 19.2 Å². The number of benzene rings is 3. The molecule has 0 amide bonds. The number of hydrogen-bond acceptors (Lipinski definition) is 9. The highest BCUT2D eigenvalue weighted by Crippen LogP contribution is 2.55. The summed E-state index contributed by atoms with van der Waals surface area (Å²) in [5.41, 5.74) is 0.167. The van der Waals surface area contributed by atoms with Gasteiger partial charge in [0.25, 0.3) is 14.1 Å². The van der Waals surface area contributed by atoms with Crippen molar-refractivity contribution in [3.05, 3.63) is 135 Å². The van der Waals surface area contributed by atoms with Crippen molar-refractivity contribution < 1.29 is 18.5 Å². The third kappa shape index (κ3) is 7.05.